The van der Waals surface area contributed by atoms with Gasteiger partial charge in [0.05, 0.1) is 5.75 Å². The molecule has 0 aliphatic rings. The van der Waals surface area contributed by atoms with E-state index in [9.17, 15) is 8.42 Å². The van der Waals surface area contributed by atoms with Gasteiger partial charge in [-0.1, -0.05) is 64.7 Å². The first kappa shape index (κ1) is 24.8. The predicted octanol–water partition coefficient (Wildman–Crippen LogP) is -0.272. The van der Waals surface area contributed by atoms with Crippen molar-refractivity contribution in [2.24, 2.45) is 0 Å². The van der Waals surface area contributed by atoms with Crippen molar-refractivity contribution in [3.8, 4) is 0 Å². The van der Waals surface area contributed by atoms with Crippen LogP contribution in [-0.2, 0) is 10.1 Å². The molecule has 0 fully saturated rings. The molecule has 0 aromatic carbocycles. The van der Waals surface area contributed by atoms with E-state index in [1.807, 2.05) is 0 Å². The van der Waals surface area contributed by atoms with E-state index in [1.165, 1.54) is 44.9 Å². The summed E-state index contributed by atoms with van der Waals surface area (Å²) >= 11 is 0. The number of rotatable bonds is 11. The van der Waals surface area contributed by atoms with Crippen molar-refractivity contribution in [2.45, 2.75) is 71.1 Å². The Hall–Kier alpha value is 1.78. The summed E-state index contributed by atoms with van der Waals surface area (Å²) in [7, 11) is -3.73. The van der Waals surface area contributed by atoms with Crippen LogP contribution in [0.3, 0.4) is 0 Å². The van der Waals surface area contributed by atoms with Gasteiger partial charge in [0.2, 0.25) is 0 Å². The summed E-state index contributed by atoms with van der Waals surface area (Å²) in [6.45, 7) is 2.22. The smallest absolute Gasteiger partial charge is 1.00 e. The molecule has 3 nitrogen and oxygen atoms in total. The molecule has 0 aliphatic heterocycles. The third-order valence-corrected chi connectivity index (χ3v) is 3.56. The first-order valence-electron chi connectivity index (χ1n) is 6.51. The average Bonchev–Trinajstić information content (AvgIpc) is 2.19. The van der Waals surface area contributed by atoms with Gasteiger partial charge in [-0.05, 0) is 6.42 Å². The fourth-order valence-corrected chi connectivity index (χ4v) is 2.34. The van der Waals surface area contributed by atoms with Crippen LogP contribution in [-0.4, -0.2) is 44.6 Å². The van der Waals surface area contributed by atoms with Crippen molar-refractivity contribution in [1.29, 1.82) is 0 Å². The van der Waals surface area contributed by atoms with Crippen LogP contribution in [0.25, 0.3) is 0 Å². The molecule has 0 rings (SSSR count). The molecular weight excluding hydrogens is 362 g/mol. The minimum atomic E-state index is -3.73. The molecule has 106 valence electrons. The molecule has 0 atom stereocenters. The van der Waals surface area contributed by atoms with Crippen LogP contribution in [0.15, 0.2) is 0 Å². The van der Waals surface area contributed by atoms with E-state index in [-0.39, 0.29) is 62.6 Å². The summed E-state index contributed by atoms with van der Waals surface area (Å²) in [5.41, 5.74) is 0. The second-order valence-corrected chi connectivity index (χ2v) is 6.04. The monoisotopic (exact) mass is 392 g/mol. The van der Waals surface area contributed by atoms with Gasteiger partial charge < -0.3 is 1.43 Å². The Morgan fingerprint density at radius 2 is 1.17 bits per heavy atom. The fraction of sp³-hybridized carbons (Fsp3) is 1.00. The molecule has 0 heterocycles. The van der Waals surface area contributed by atoms with Gasteiger partial charge in [-0.3, -0.25) is 4.55 Å². The maximum atomic E-state index is 10.4. The molecule has 0 aliphatic carbocycles. The first-order valence-corrected chi connectivity index (χ1v) is 8.12. The Morgan fingerprint density at radius 1 is 0.833 bits per heavy atom. The molecule has 0 saturated heterocycles. The molecule has 6 heteroatoms. The molecule has 0 unspecified atom stereocenters. The topological polar surface area (TPSA) is 54.4 Å². The third kappa shape index (κ3) is 22.9. The van der Waals surface area contributed by atoms with Crippen molar-refractivity contribution in [1.82, 2.24) is 0 Å². The molecular formula is C12H30InNaO3S. The average molecular weight is 392 g/mol. The number of unbranched alkanes of at least 4 members (excludes halogenated alkanes) is 9. The minimum absolute atomic E-state index is 0. The van der Waals surface area contributed by atoms with Gasteiger partial charge in [-0.2, -0.15) is 8.42 Å². The Morgan fingerprint density at radius 3 is 1.50 bits per heavy atom. The van der Waals surface area contributed by atoms with Gasteiger partial charge in [0, 0.05) is 0 Å². The first-order chi connectivity index (χ1) is 7.56. The summed E-state index contributed by atoms with van der Waals surface area (Å²) in [4.78, 5) is 0. The van der Waals surface area contributed by atoms with E-state index in [0.29, 0.717) is 6.42 Å². The zero-order chi connectivity index (χ0) is 12.3. The molecule has 18 heavy (non-hydrogen) atoms. The van der Waals surface area contributed by atoms with Gasteiger partial charge >= 0.3 is 55.4 Å². The largest absolute Gasteiger partial charge is 1.00 e. The van der Waals surface area contributed by atoms with Crippen LogP contribution in [0.1, 0.15) is 72.6 Å². The van der Waals surface area contributed by atoms with E-state index in [0.717, 1.165) is 12.8 Å². The maximum Gasteiger partial charge on any atom is 1.00 e. The molecule has 0 saturated carbocycles. The van der Waals surface area contributed by atoms with Crippen LogP contribution in [0, 0.1) is 0 Å². The summed E-state index contributed by atoms with van der Waals surface area (Å²) in [5.74, 6) is -0.0799. The van der Waals surface area contributed by atoms with E-state index in [2.05, 4.69) is 6.92 Å². The standard InChI is InChI=1S/C12H26O3S.In.Na.4H/c1-2-3-4-5-6-7-8-9-10-11-12-16(13,14)15;;;;;;/h2-12H2,1H3,(H,13,14,15);;;;;;/q;;+1;;;;-1. The second-order valence-electron chi connectivity index (χ2n) is 4.47. The third-order valence-electron chi connectivity index (χ3n) is 2.76. The van der Waals surface area contributed by atoms with Gasteiger partial charge in [-0.15, -0.1) is 0 Å². The van der Waals surface area contributed by atoms with Crippen LogP contribution in [0.5, 0.6) is 0 Å². The number of hydrogen-bond acceptors (Lipinski definition) is 2. The van der Waals surface area contributed by atoms with Gasteiger partial charge in [0.15, 0.2) is 0 Å². The van der Waals surface area contributed by atoms with Gasteiger partial charge in [-0.25, -0.2) is 0 Å². The molecule has 0 bridgehead atoms. The second kappa shape index (κ2) is 16.8. The van der Waals surface area contributed by atoms with Crippen LogP contribution in [0.2, 0.25) is 0 Å². The molecule has 1 N–H and O–H groups in total. The van der Waals surface area contributed by atoms with E-state index < -0.39 is 10.1 Å². The Kier molecular flexibility index (Phi) is 23.2. The normalized spacial score (nSPS) is 10.6. The van der Waals surface area contributed by atoms with Crippen LogP contribution >= 0.6 is 0 Å². The number of hydrogen-bond donors (Lipinski definition) is 1. The van der Waals surface area contributed by atoms with Crippen molar-refractivity contribution < 1.29 is 44.0 Å². The zero-order valence-electron chi connectivity index (χ0n) is 12.5. The Labute approximate surface area is 155 Å². The van der Waals surface area contributed by atoms with Gasteiger partial charge in [0.25, 0.3) is 10.1 Å². The van der Waals surface area contributed by atoms with E-state index in [1.54, 1.807) is 0 Å². The van der Waals surface area contributed by atoms with E-state index >= 15 is 0 Å². The SMILES string of the molecule is CCCCCCCCCCCCS(=O)(=O)O.[H-].[InH3].[Na+]. The zero-order valence-corrected chi connectivity index (χ0v) is 14.3. The summed E-state index contributed by atoms with van der Waals surface area (Å²) in [6, 6.07) is 0. The van der Waals surface area contributed by atoms with Gasteiger partial charge in [0.1, 0.15) is 0 Å². The molecule has 0 amide bonds. The Bertz CT molecular complexity index is 251. The predicted molar refractivity (Wildman–Crippen MR) is 79.3 cm³/mol. The minimum Gasteiger partial charge on any atom is 1.00 e. The van der Waals surface area contributed by atoms with Crippen molar-refractivity contribution in [3.05, 3.63) is 0 Å². The van der Waals surface area contributed by atoms with Crippen LogP contribution in [0.4, 0.5) is 0 Å². The van der Waals surface area contributed by atoms with Crippen LogP contribution < -0.4 is 29.6 Å². The molecule has 0 radical (unpaired) electrons. The van der Waals surface area contributed by atoms with Crippen molar-refractivity contribution in [3.63, 3.8) is 0 Å². The molecule has 0 spiro atoms. The summed E-state index contributed by atoms with van der Waals surface area (Å²) in [5, 5.41) is 0. The fourth-order valence-electron chi connectivity index (χ4n) is 1.77. The maximum absolute atomic E-state index is 10.4. The summed E-state index contributed by atoms with van der Waals surface area (Å²) < 4.78 is 29.4. The molecule has 0 aromatic rings. The van der Waals surface area contributed by atoms with Crippen molar-refractivity contribution >= 4 is 36.0 Å². The molecule has 0 aromatic heterocycles. The van der Waals surface area contributed by atoms with Crippen molar-refractivity contribution in [2.75, 3.05) is 5.75 Å². The quantitative estimate of drug-likeness (QED) is 0.299. The summed E-state index contributed by atoms with van der Waals surface area (Å²) in [6.07, 6.45) is 11.7. The Balaban J connectivity index is -0.000000375. The van der Waals surface area contributed by atoms with E-state index in [4.69, 9.17) is 4.55 Å².